The number of aryl methyl sites for hydroxylation is 1. The molecule has 1 fully saturated rings. The van der Waals surface area contributed by atoms with Gasteiger partial charge in [-0.2, -0.15) is 0 Å². The van der Waals surface area contributed by atoms with Crippen molar-refractivity contribution in [2.75, 3.05) is 6.61 Å². The lowest BCUT2D eigenvalue weighted by atomic mass is 9.97. The molecule has 2 aromatic carbocycles. The topological polar surface area (TPSA) is 38.3 Å². The van der Waals surface area contributed by atoms with Crippen molar-refractivity contribution < 1.29 is 9.53 Å². The normalized spacial score (nSPS) is 24.1. The van der Waals surface area contributed by atoms with Crippen LogP contribution < -0.4 is 4.72 Å². The van der Waals surface area contributed by atoms with Crippen LogP contribution in [0.1, 0.15) is 36.8 Å². The lowest BCUT2D eigenvalue weighted by Gasteiger charge is -2.20. The molecule has 0 amide bonds. The summed E-state index contributed by atoms with van der Waals surface area (Å²) in [5, 5.41) is 0.737. The molecule has 0 bridgehead atoms. The monoisotopic (exact) mass is 469 g/mol. The first-order valence-corrected chi connectivity index (χ1v) is 12.7. The SMILES string of the molecule is CCOC(=O)C1(NSc2ccc(-c3ccc(Cl)cc3)s2)C2CCCc3ccccc3C21. The summed E-state index contributed by atoms with van der Waals surface area (Å²) in [5.41, 5.74) is 3.17. The maximum absolute atomic E-state index is 13.2. The summed E-state index contributed by atoms with van der Waals surface area (Å²) in [6.45, 7) is 2.27. The van der Waals surface area contributed by atoms with Gasteiger partial charge in [-0.25, -0.2) is 9.52 Å². The van der Waals surface area contributed by atoms with Crippen LogP contribution >= 0.6 is 34.9 Å². The summed E-state index contributed by atoms with van der Waals surface area (Å²) in [5.74, 6) is 0.329. The minimum Gasteiger partial charge on any atom is -0.465 e. The Balaban J connectivity index is 1.40. The van der Waals surface area contributed by atoms with Crippen molar-refractivity contribution in [1.29, 1.82) is 0 Å². The number of halogens is 1. The Bertz CT molecular complexity index is 1100. The Hall–Kier alpha value is -1.79. The van der Waals surface area contributed by atoms with Gasteiger partial charge in [-0.3, -0.25) is 0 Å². The molecule has 0 aliphatic heterocycles. The molecule has 2 aliphatic rings. The molecule has 5 rings (SSSR count). The van der Waals surface area contributed by atoms with Gasteiger partial charge in [-0.15, -0.1) is 11.3 Å². The molecular weight excluding hydrogens is 446 g/mol. The second kappa shape index (κ2) is 8.62. The fraction of sp³-hybridized carbons (Fsp3) is 0.320. The highest BCUT2D eigenvalue weighted by atomic mass is 35.5. The standard InChI is InChI=1S/C25H24ClNO2S2/c1-2-29-24(28)25(20-9-5-7-16-6-3-4-8-19(16)23(20)25)27-31-22-15-14-21(30-22)17-10-12-18(26)13-11-17/h3-4,6,8,10-15,20,23,27H,2,5,7,9H2,1H3. The van der Waals surface area contributed by atoms with Crippen LogP contribution in [0.3, 0.4) is 0 Å². The van der Waals surface area contributed by atoms with Gasteiger partial charge in [-0.05, 0) is 85.0 Å². The lowest BCUT2D eigenvalue weighted by Crippen LogP contribution is -2.40. The smallest absolute Gasteiger partial charge is 0.328 e. The highest BCUT2D eigenvalue weighted by Gasteiger charge is 2.71. The Morgan fingerprint density at radius 2 is 2.00 bits per heavy atom. The van der Waals surface area contributed by atoms with Crippen molar-refractivity contribution in [3.05, 3.63) is 76.8 Å². The van der Waals surface area contributed by atoms with E-state index in [0.29, 0.717) is 6.61 Å². The first-order valence-electron chi connectivity index (χ1n) is 10.7. The molecule has 1 N–H and O–H groups in total. The number of ether oxygens (including phenoxy) is 1. The summed E-state index contributed by atoms with van der Waals surface area (Å²) in [4.78, 5) is 14.4. The zero-order valence-corrected chi connectivity index (χ0v) is 19.7. The van der Waals surface area contributed by atoms with Crippen LogP contribution in [0.15, 0.2) is 64.9 Å². The fourth-order valence-electron chi connectivity index (χ4n) is 4.88. The minimum absolute atomic E-state index is 0.122. The van der Waals surface area contributed by atoms with E-state index in [4.69, 9.17) is 16.3 Å². The number of benzene rings is 2. The van der Waals surface area contributed by atoms with Crippen molar-refractivity contribution in [2.45, 2.75) is 41.9 Å². The van der Waals surface area contributed by atoms with Crippen LogP contribution in [0.25, 0.3) is 10.4 Å². The molecule has 1 heterocycles. The van der Waals surface area contributed by atoms with E-state index in [1.54, 1.807) is 23.3 Å². The van der Waals surface area contributed by atoms with Crippen molar-refractivity contribution in [3.63, 3.8) is 0 Å². The average molecular weight is 470 g/mol. The number of hydrogen-bond acceptors (Lipinski definition) is 5. The van der Waals surface area contributed by atoms with Gasteiger partial charge < -0.3 is 4.74 Å². The Labute approximate surface area is 196 Å². The molecule has 3 atom stereocenters. The second-order valence-corrected chi connectivity index (χ2v) is 10.7. The third kappa shape index (κ3) is 3.82. The molecule has 3 unspecified atom stereocenters. The summed E-state index contributed by atoms with van der Waals surface area (Å²) in [6, 6.07) is 20.7. The number of esters is 1. The third-order valence-electron chi connectivity index (χ3n) is 6.36. The van der Waals surface area contributed by atoms with Crippen molar-refractivity contribution in [3.8, 4) is 10.4 Å². The van der Waals surface area contributed by atoms with E-state index in [9.17, 15) is 4.79 Å². The van der Waals surface area contributed by atoms with Crippen LogP contribution in [0.5, 0.6) is 0 Å². The largest absolute Gasteiger partial charge is 0.465 e. The van der Waals surface area contributed by atoms with E-state index in [0.717, 1.165) is 34.1 Å². The Kier molecular flexibility index (Phi) is 5.86. The lowest BCUT2D eigenvalue weighted by molar-refractivity contribution is -0.146. The Morgan fingerprint density at radius 3 is 2.81 bits per heavy atom. The van der Waals surface area contributed by atoms with E-state index >= 15 is 0 Å². The fourth-order valence-corrected chi connectivity index (χ4v) is 7.08. The average Bonchev–Trinajstić information content (AvgIpc) is 3.25. The van der Waals surface area contributed by atoms with Gasteiger partial charge in [0.2, 0.25) is 0 Å². The zero-order chi connectivity index (χ0) is 21.4. The van der Waals surface area contributed by atoms with Crippen molar-refractivity contribution in [1.82, 2.24) is 4.72 Å². The van der Waals surface area contributed by atoms with Gasteiger partial charge in [0.15, 0.2) is 0 Å². The second-order valence-electron chi connectivity index (χ2n) is 8.09. The predicted octanol–water partition coefficient (Wildman–Crippen LogP) is 6.72. The summed E-state index contributed by atoms with van der Waals surface area (Å²) in [6.07, 6.45) is 3.22. The first kappa shape index (κ1) is 21.1. The number of thiophene rings is 1. The summed E-state index contributed by atoms with van der Waals surface area (Å²) >= 11 is 9.28. The molecule has 3 aromatic rings. The molecular formula is C25H24ClNO2S2. The van der Waals surface area contributed by atoms with Crippen LogP contribution in [-0.2, 0) is 16.0 Å². The molecule has 31 heavy (non-hydrogen) atoms. The Morgan fingerprint density at radius 1 is 1.19 bits per heavy atom. The van der Waals surface area contributed by atoms with Gasteiger partial charge in [0.05, 0.1) is 10.8 Å². The van der Waals surface area contributed by atoms with E-state index in [1.807, 2.05) is 31.2 Å². The van der Waals surface area contributed by atoms with Crippen LogP contribution in [0.2, 0.25) is 5.02 Å². The minimum atomic E-state index is -0.651. The molecule has 3 nitrogen and oxygen atoms in total. The van der Waals surface area contributed by atoms with E-state index in [1.165, 1.54) is 16.0 Å². The summed E-state index contributed by atoms with van der Waals surface area (Å²) in [7, 11) is 0. The maximum atomic E-state index is 13.2. The number of carbonyl (C=O) groups is 1. The predicted molar refractivity (Wildman–Crippen MR) is 129 cm³/mol. The van der Waals surface area contributed by atoms with Gasteiger partial charge in [0, 0.05) is 15.8 Å². The van der Waals surface area contributed by atoms with Crippen molar-refractivity contribution >= 4 is 40.9 Å². The van der Waals surface area contributed by atoms with Crippen LogP contribution in [-0.4, -0.2) is 18.1 Å². The highest BCUT2D eigenvalue weighted by Crippen LogP contribution is 2.63. The molecule has 0 saturated heterocycles. The first-order chi connectivity index (χ1) is 15.1. The van der Waals surface area contributed by atoms with Crippen LogP contribution in [0, 0.1) is 5.92 Å². The van der Waals surface area contributed by atoms with E-state index in [2.05, 4.69) is 41.1 Å². The molecule has 160 valence electrons. The molecule has 0 radical (unpaired) electrons. The van der Waals surface area contributed by atoms with Gasteiger partial charge in [0.25, 0.3) is 0 Å². The summed E-state index contributed by atoms with van der Waals surface area (Å²) < 4.78 is 10.3. The molecule has 2 aliphatic carbocycles. The number of carbonyl (C=O) groups excluding carboxylic acids is 1. The number of nitrogens with one attached hydrogen (secondary N) is 1. The molecule has 0 spiro atoms. The molecule has 6 heteroatoms. The quantitative estimate of drug-likeness (QED) is 0.321. The van der Waals surface area contributed by atoms with E-state index < -0.39 is 5.54 Å². The van der Waals surface area contributed by atoms with E-state index in [-0.39, 0.29) is 17.8 Å². The van der Waals surface area contributed by atoms with Crippen LogP contribution in [0.4, 0.5) is 0 Å². The van der Waals surface area contributed by atoms with Crippen molar-refractivity contribution in [2.24, 2.45) is 5.92 Å². The highest BCUT2D eigenvalue weighted by molar-refractivity contribution is 7.99. The maximum Gasteiger partial charge on any atom is 0.328 e. The third-order valence-corrected chi connectivity index (χ3v) is 8.82. The molecule has 1 saturated carbocycles. The van der Waals surface area contributed by atoms with Gasteiger partial charge in [0.1, 0.15) is 5.54 Å². The zero-order valence-electron chi connectivity index (χ0n) is 17.3. The van der Waals surface area contributed by atoms with Gasteiger partial charge >= 0.3 is 5.97 Å². The van der Waals surface area contributed by atoms with Gasteiger partial charge in [-0.1, -0.05) is 48.0 Å². The molecule has 1 aromatic heterocycles. The number of rotatable bonds is 6. The number of hydrogen-bond donors (Lipinski definition) is 1. The number of fused-ring (bicyclic) bond motifs is 3.